The van der Waals surface area contributed by atoms with Crippen molar-refractivity contribution in [1.82, 2.24) is 9.80 Å². The summed E-state index contributed by atoms with van der Waals surface area (Å²) in [5.74, 6) is 0.761. The van der Waals surface area contributed by atoms with Gasteiger partial charge in [-0.3, -0.25) is 0 Å². The molecule has 0 aliphatic heterocycles. The Morgan fingerprint density at radius 3 is 2.24 bits per heavy atom. The minimum Gasteiger partial charge on any atom is -0.497 e. The lowest BCUT2D eigenvalue weighted by Crippen LogP contribution is -2.39. The highest BCUT2D eigenvalue weighted by molar-refractivity contribution is 9.10. The number of carbonyl (C=O) groups excluding carboxylic acids is 1. The summed E-state index contributed by atoms with van der Waals surface area (Å²) < 4.78 is 6.17. The van der Waals surface area contributed by atoms with E-state index in [1.165, 1.54) is 0 Å². The summed E-state index contributed by atoms with van der Waals surface area (Å²) in [5.41, 5.74) is 1.84. The smallest absolute Gasteiger partial charge is 0.322 e. The van der Waals surface area contributed by atoms with E-state index < -0.39 is 0 Å². The fraction of sp³-hybridized carbons (Fsp3) is 0.316. The van der Waals surface area contributed by atoms with Gasteiger partial charge in [0, 0.05) is 29.8 Å². The number of nitrogens with one attached hydrogen (secondary N) is 1. The van der Waals surface area contributed by atoms with Crippen molar-refractivity contribution in [3.63, 3.8) is 0 Å². The van der Waals surface area contributed by atoms with Gasteiger partial charge in [-0.15, -0.1) is 0 Å². The first kappa shape index (κ1) is 19.3. The molecular formula is C19H24BrN3O2. The van der Waals surface area contributed by atoms with Gasteiger partial charge in [-0.05, 0) is 56.1 Å². The Hall–Kier alpha value is -2.05. The quantitative estimate of drug-likeness (QED) is 0.755. The zero-order valence-electron chi connectivity index (χ0n) is 14.8. The third-order valence-corrected chi connectivity index (χ3v) is 4.26. The lowest BCUT2D eigenvalue weighted by atomic mass is 10.2. The third kappa shape index (κ3) is 6.40. The molecule has 0 aliphatic rings. The number of ether oxygens (including phenoxy) is 1. The first-order valence-corrected chi connectivity index (χ1v) is 8.86. The van der Waals surface area contributed by atoms with Gasteiger partial charge in [0.1, 0.15) is 5.75 Å². The van der Waals surface area contributed by atoms with E-state index in [0.717, 1.165) is 28.0 Å². The highest BCUT2D eigenvalue weighted by Crippen LogP contribution is 2.17. The number of methoxy groups -OCH3 is 1. The number of benzene rings is 2. The Morgan fingerprint density at radius 1 is 1.04 bits per heavy atom. The molecule has 0 fully saturated rings. The van der Waals surface area contributed by atoms with Crippen molar-refractivity contribution in [1.29, 1.82) is 0 Å². The molecule has 0 atom stereocenters. The lowest BCUT2D eigenvalue weighted by molar-refractivity contribution is 0.202. The molecular weight excluding hydrogens is 382 g/mol. The highest BCUT2D eigenvalue weighted by atomic mass is 79.9. The van der Waals surface area contributed by atoms with Crippen LogP contribution in [0.25, 0.3) is 0 Å². The first-order valence-electron chi connectivity index (χ1n) is 8.07. The zero-order chi connectivity index (χ0) is 18.2. The van der Waals surface area contributed by atoms with E-state index in [4.69, 9.17) is 4.74 Å². The normalized spacial score (nSPS) is 10.6. The Bertz CT molecular complexity index is 672. The summed E-state index contributed by atoms with van der Waals surface area (Å²) in [6.07, 6.45) is 0. The molecule has 5 nitrogen and oxygen atoms in total. The molecule has 0 bridgehead atoms. The first-order chi connectivity index (χ1) is 12.0. The summed E-state index contributed by atoms with van der Waals surface area (Å²) in [6, 6.07) is 15.2. The van der Waals surface area contributed by atoms with Crippen LogP contribution in [0.15, 0.2) is 53.0 Å². The van der Waals surface area contributed by atoms with Crippen LogP contribution < -0.4 is 10.1 Å². The molecule has 0 aromatic heterocycles. The molecule has 134 valence electrons. The molecule has 0 heterocycles. The van der Waals surface area contributed by atoms with Crippen LogP contribution in [0.3, 0.4) is 0 Å². The van der Waals surface area contributed by atoms with Gasteiger partial charge in [-0.1, -0.05) is 28.1 Å². The fourth-order valence-corrected chi connectivity index (χ4v) is 2.52. The third-order valence-electron chi connectivity index (χ3n) is 3.73. The molecule has 25 heavy (non-hydrogen) atoms. The van der Waals surface area contributed by atoms with Crippen LogP contribution in [0.2, 0.25) is 0 Å². The maximum Gasteiger partial charge on any atom is 0.322 e. The number of carbonyl (C=O) groups is 1. The largest absolute Gasteiger partial charge is 0.497 e. The van der Waals surface area contributed by atoms with Crippen molar-refractivity contribution in [3.8, 4) is 5.75 Å². The molecule has 0 saturated carbocycles. The molecule has 6 heteroatoms. The Balaban J connectivity index is 2.06. The van der Waals surface area contributed by atoms with Crippen LogP contribution in [-0.2, 0) is 6.54 Å². The van der Waals surface area contributed by atoms with E-state index >= 15 is 0 Å². The maximum atomic E-state index is 12.7. The van der Waals surface area contributed by atoms with Crippen molar-refractivity contribution in [2.45, 2.75) is 6.54 Å². The van der Waals surface area contributed by atoms with Crippen LogP contribution in [-0.4, -0.2) is 50.1 Å². The number of hydrogen-bond donors (Lipinski definition) is 1. The number of halogens is 1. The molecule has 0 spiro atoms. The van der Waals surface area contributed by atoms with Crippen LogP contribution in [0.1, 0.15) is 5.56 Å². The van der Waals surface area contributed by atoms with Gasteiger partial charge < -0.3 is 19.9 Å². The fourth-order valence-electron chi connectivity index (χ4n) is 2.26. The van der Waals surface area contributed by atoms with Gasteiger partial charge >= 0.3 is 6.03 Å². The highest BCUT2D eigenvalue weighted by Gasteiger charge is 2.14. The van der Waals surface area contributed by atoms with E-state index in [2.05, 4.69) is 26.1 Å². The molecule has 0 unspecified atom stereocenters. The van der Waals surface area contributed by atoms with Gasteiger partial charge in [0.2, 0.25) is 0 Å². The van der Waals surface area contributed by atoms with Crippen molar-refractivity contribution >= 4 is 27.6 Å². The van der Waals surface area contributed by atoms with Gasteiger partial charge in [0.05, 0.1) is 7.11 Å². The van der Waals surface area contributed by atoms with Gasteiger partial charge in [0.25, 0.3) is 0 Å². The average Bonchev–Trinajstić information content (AvgIpc) is 2.60. The van der Waals surface area contributed by atoms with Gasteiger partial charge in [0.15, 0.2) is 0 Å². The molecule has 2 amide bonds. The number of likely N-dealkylation sites (N-methyl/N-ethyl adjacent to an activating group) is 1. The van der Waals surface area contributed by atoms with Crippen LogP contribution in [0.4, 0.5) is 10.5 Å². The van der Waals surface area contributed by atoms with Gasteiger partial charge in [-0.25, -0.2) is 4.79 Å². The monoisotopic (exact) mass is 405 g/mol. The number of hydrogen-bond acceptors (Lipinski definition) is 3. The second-order valence-electron chi connectivity index (χ2n) is 6.01. The lowest BCUT2D eigenvalue weighted by Gasteiger charge is -2.25. The number of nitrogens with zero attached hydrogens (tertiary/aromatic N) is 2. The maximum absolute atomic E-state index is 12.7. The van der Waals surface area contributed by atoms with Crippen molar-refractivity contribution in [3.05, 3.63) is 58.6 Å². The summed E-state index contributed by atoms with van der Waals surface area (Å²) in [4.78, 5) is 16.6. The summed E-state index contributed by atoms with van der Waals surface area (Å²) in [5, 5.41) is 2.95. The summed E-state index contributed by atoms with van der Waals surface area (Å²) >= 11 is 3.44. The molecule has 1 N–H and O–H groups in total. The second-order valence-corrected chi connectivity index (χ2v) is 6.93. The van der Waals surface area contributed by atoms with Crippen molar-refractivity contribution in [2.24, 2.45) is 0 Å². The van der Waals surface area contributed by atoms with E-state index in [1.807, 2.05) is 67.5 Å². The number of amides is 2. The topological polar surface area (TPSA) is 44.8 Å². The molecule has 2 aromatic rings. The standard InChI is InChI=1S/C19H24BrN3O2/c1-22(2)12-13-23(14-15-4-6-16(20)7-5-15)19(24)21-17-8-10-18(25-3)11-9-17/h4-11H,12-14H2,1-3H3,(H,21,24). The SMILES string of the molecule is COc1ccc(NC(=O)N(CCN(C)C)Cc2ccc(Br)cc2)cc1. The average molecular weight is 406 g/mol. The minimum atomic E-state index is -0.116. The second kappa shape index (κ2) is 9.44. The predicted octanol–water partition coefficient (Wildman–Crippen LogP) is 4.05. The minimum absolute atomic E-state index is 0.116. The molecule has 0 aliphatic carbocycles. The van der Waals surface area contributed by atoms with Crippen LogP contribution in [0, 0.1) is 0 Å². The molecule has 0 saturated heterocycles. The number of rotatable bonds is 7. The van der Waals surface area contributed by atoms with E-state index in [9.17, 15) is 4.79 Å². The van der Waals surface area contributed by atoms with E-state index in [0.29, 0.717) is 13.1 Å². The van der Waals surface area contributed by atoms with Gasteiger partial charge in [-0.2, -0.15) is 0 Å². The van der Waals surface area contributed by atoms with Crippen LogP contribution in [0.5, 0.6) is 5.75 Å². The summed E-state index contributed by atoms with van der Waals surface area (Å²) in [7, 11) is 5.62. The van der Waals surface area contributed by atoms with E-state index in [1.54, 1.807) is 7.11 Å². The van der Waals surface area contributed by atoms with Crippen molar-refractivity contribution in [2.75, 3.05) is 39.6 Å². The van der Waals surface area contributed by atoms with Crippen LogP contribution >= 0.6 is 15.9 Å². The number of urea groups is 1. The predicted molar refractivity (Wildman–Crippen MR) is 105 cm³/mol. The zero-order valence-corrected chi connectivity index (χ0v) is 16.4. The molecule has 2 aromatic carbocycles. The van der Waals surface area contributed by atoms with Crippen molar-refractivity contribution < 1.29 is 9.53 Å². The number of anilines is 1. The van der Waals surface area contributed by atoms with E-state index in [-0.39, 0.29) is 6.03 Å². The molecule has 2 rings (SSSR count). The Morgan fingerprint density at radius 2 is 1.68 bits per heavy atom. The Labute approximate surface area is 157 Å². The molecule has 0 radical (unpaired) electrons. The summed E-state index contributed by atoms with van der Waals surface area (Å²) in [6.45, 7) is 2.00. The Kier molecular flexibility index (Phi) is 7.28.